The van der Waals surface area contributed by atoms with Crippen molar-refractivity contribution in [2.75, 3.05) is 7.04 Å². The van der Waals surface area contributed by atoms with E-state index < -0.39 is 18.8 Å². The number of ether oxygens (including phenoxy) is 1. The predicted molar refractivity (Wildman–Crippen MR) is 108 cm³/mol. The molecule has 0 saturated carbocycles. The lowest BCUT2D eigenvalue weighted by Gasteiger charge is -2.32. The van der Waals surface area contributed by atoms with Crippen molar-refractivity contribution in [2.45, 2.75) is 65.2 Å². The van der Waals surface area contributed by atoms with Crippen molar-refractivity contribution in [3.63, 3.8) is 0 Å². The molecule has 1 aliphatic carbocycles. The van der Waals surface area contributed by atoms with E-state index in [0.29, 0.717) is 12.0 Å². The second kappa shape index (κ2) is 9.12. The molecule has 0 aromatic heterocycles. The standard InChI is InChI=1S/C23H32O4/c1-6-7-8-9-16-13-19(24)21(22(25)20(16)23(26)27-5)18-12-15(4)10-11-17(18)14(2)3/h12-13,17-18,24-25H,2,6-11H2,1,3-5H3/t17-,18+/m0/s1/i5D3. The van der Waals surface area contributed by atoms with Crippen LogP contribution in [0.2, 0.25) is 0 Å². The molecule has 4 heteroatoms. The number of methoxy groups -OCH3 is 1. The lowest BCUT2D eigenvalue weighted by atomic mass is 9.73. The van der Waals surface area contributed by atoms with Gasteiger partial charge in [-0.2, -0.15) is 0 Å². The van der Waals surface area contributed by atoms with Crippen LogP contribution >= 0.6 is 0 Å². The number of benzene rings is 1. The monoisotopic (exact) mass is 375 g/mol. The molecule has 0 unspecified atom stereocenters. The van der Waals surface area contributed by atoms with E-state index in [2.05, 4.69) is 11.3 Å². The summed E-state index contributed by atoms with van der Waals surface area (Å²) in [5, 5.41) is 21.9. The van der Waals surface area contributed by atoms with Crippen LogP contribution in [-0.2, 0) is 11.2 Å². The van der Waals surface area contributed by atoms with Gasteiger partial charge in [-0.3, -0.25) is 0 Å². The number of carbonyl (C=O) groups excluding carboxylic acids is 1. The molecule has 148 valence electrons. The fraction of sp³-hybridized carbons (Fsp3) is 0.522. The van der Waals surface area contributed by atoms with Gasteiger partial charge < -0.3 is 14.9 Å². The van der Waals surface area contributed by atoms with Crippen molar-refractivity contribution in [1.82, 2.24) is 0 Å². The maximum Gasteiger partial charge on any atom is 0.341 e. The number of allylic oxidation sites excluding steroid dienone is 3. The van der Waals surface area contributed by atoms with E-state index >= 15 is 0 Å². The lowest BCUT2D eigenvalue weighted by Crippen LogP contribution is -2.18. The molecular weight excluding hydrogens is 340 g/mol. The third kappa shape index (κ3) is 4.55. The summed E-state index contributed by atoms with van der Waals surface area (Å²) in [6.07, 6.45) is 6.70. The maximum absolute atomic E-state index is 12.7. The number of aromatic hydroxyl groups is 2. The third-order valence-electron chi connectivity index (χ3n) is 5.46. The van der Waals surface area contributed by atoms with Crippen molar-refractivity contribution in [1.29, 1.82) is 0 Å². The molecule has 0 amide bonds. The van der Waals surface area contributed by atoms with E-state index in [1.807, 2.05) is 26.8 Å². The molecule has 2 N–H and O–H groups in total. The average Bonchev–Trinajstić information content (AvgIpc) is 2.59. The highest BCUT2D eigenvalue weighted by Gasteiger charge is 2.33. The Hall–Kier alpha value is -2.23. The van der Waals surface area contributed by atoms with E-state index in [-0.39, 0.29) is 28.7 Å². The van der Waals surface area contributed by atoms with Crippen LogP contribution < -0.4 is 0 Å². The fourth-order valence-electron chi connectivity index (χ4n) is 4.00. The molecule has 0 aliphatic heterocycles. The smallest absolute Gasteiger partial charge is 0.341 e. The number of hydrogen-bond donors (Lipinski definition) is 2. The van der Waals surface area contributed by atoms with Crippen molar-refractivity contribution >= 4 is 5.97 Å². The molecule has 27 heavy (non-hydrogen) atoms. The first-order chi connectivity index (χ1) is 14.0. The zero-order valence-corrected chi connectivity index (χ0v) is 16.5. The normalized spacial score (nSPS) is 21.6. The highest BCUT2D eigenvalue weighted by atomic mass is 16.5. The molecule has 2 atom stereocenters. The van der Waals surface area contributed by atoms with Crippen LogP contribution in [0.15, 0.2) is 29.9 Å². The number of unbranched alkanes of at least 4 members (excludes halogenated alkanes) is 2. The van der Waals surface area contributed by atoms with E-state index in [0.717, 1.165) is 43.3 Å². The number of phenols is 2. The Morgan fingerprint density at radius 2 is 2.15 bits per heavy atom. The molecule has 0 heterocycles. The Bertz CT molecular complexity index is 840. The molecule has 0 spiro atoms. The Morgan fingerprint density at radius 3 is 2.78 bits per heavy atom. The first-order valence-electron chi connectivity index (χ1n) is 11.1. The van der Waals surface area contributed by atoms with Gasteiger partial charge in [0.15, 0.2) is 0 Å². The summed E-state index contributed by atoms with van der Waals surface area (Å²) in [6, 6.07) is 1.47. The number of rotatable bonds is 7. The summed E-state index contributed by atoms with van der Waals surface area (Å²) in [7, 11) is -2.93. The fourth-order valence-corrected chi connectivity index (χ4v) is 4.00. The third-order valence-corrected chi connectivity index (χ3v) is 5.46. The number of aryl methyl sites for hydroxylation is 1. The summed E-state index contributed by atoms with van der Waals surface area (Å²) >= 11 is 0. The summed E-state index contributed by atoms with van der Waals surface area (Å²) in [5.41, 5.74) is 2.47. The van der Waals surface area contributed by atoms with E-state index in [4.69, 9.17) is 4.11 Å². The quantitative estimate of drug-likeness (QED) is 0.368. The highest BCUT2D eigenvalue weighted by molar-refractivity contribution is 5.95. The summed E-state index contributed by atoms with van der Waals surface area (Å²) < 4.78 is 26.4. The molecule has 4 nitrogen and oxygen atoms in total. The number of phenolic OH excluding ortho intramolecular Hbond substituents is 2. The van der Waals surface area contributed by atoms with Crippen LogP contribution in [0.4, 0.5) is 0 Å². The second-order valence-corrected chi connectivity index (χ2v) is 7.57. The van der Waals surface area contributed by atoms with Crippen LogP contribution in [0.5, 0.6) is 11.5 Å². The number of esters is 1. The highest BCUT2D eigenvalue weighted by Crippen LogP contribution is 2.48. The molecule has 0 fully saturated rings. The van der Waals surface area contributed by atoms with Crippen LogP contribution in [-0.4, -0.2) is 23.2 Å². The Morgan fingerprint density at radius 1 is 1.41 bits per heavy atom. The van der Waals surface area contributed by atoms with Gasteiger partial charge in [0.1, 0.15) is 17.1 Å². The van der Waals surface area contributed by atoms with Crippen molar-refractivity contribution in [2.24, 2.45) is 5.92 Å². The van der Waals surface area contributed by atoms with Crippen molar-refractivity contribution in [3.05, 3.63) is 46.6 Å². The summed E-state index contributed by atoms with van der Waals surface area (Å²) in [5.74, 6) is -1.99. The van der Waals surface area contributed by atoms with E-state index in [1.54, 1.807) is 0 Å². The van der Waals surface area contributed by atoms with Gasteiger partial charge in [0.05, 0.1) is 11.2 Å². The molecule has 1 aromatic rings. The van der Waals surface area contributed by atoms with Gasteiger partial charge in [-0.25, -0.2) is 4.79 Å². The first kappa shape index (κ1) is 16.9. The van der Waals surface area contributed by atoms with Crippen molar-refractivity contribution in [3.8, 4) is 11.5 Å². The van der Waals surface area contributed by atoms with Crippen molar-refractivity contribution < 1.29 is 23.9 Å². The SMILES string of the molecule is [2H]C([2H])([2H])OC(=O)c1c(CCCCC)cc(O)c([C@@H]2C=C(C)CC[C@H]2C(=C)C)c1O. The summed E-state index contributed by atoms with van der Waals surface area (Å²) in [6.45, 7) is 9.98. The van der Waals surface area contributed by atoms with Gasteiger partial charge in [0.25, 0.3) is 0 Å². The van der Waals surface area contributed by atoms with Crippen LogP contribution in [0.1, 0.15) is 84.4 Å². The maximum atomic E-state index is 12.7. The molecule has 0 saturated heterocycles. The predicted octanol–water partition coefficient (Wildman–Crippen LogP) is 5.63. The van der Waals surface area contributed by atoms with Gasteiger partial charge >= 0.3 is 5.97 Å². The molecule has 0 radical (unpaired) electrons. The summed E-state index contributed by atoms with van der Waals surface area (Å²) in [4.78, 5) is 12.7. The Kier molecular flexibility index (Phi) is 5.71. The largest absolute Gasteiger partial charge is 0.507 e. The molecular formula is C23H32O4. The Labute approximate surface area is 166 Å². The molecule has 1 aromatic carbocycles. The van der Waals surface area contributed by atoms with Gasteiger partial charge in [0.2, 0.25) is 0 Å². The van der Waals surface area contributed by atoms with Gasteiger partial charge in [-0.15, -0.1) is 0 Å². The number of hydrogen-bond acceptors (Lipinski definition) is 4. The molecule has 1 aliphatic rings. The molecule has 2 rings (SSSR count). The zero-order valence-electron chi connectivity index (χ0n) is 19.5. The minimum Gasteiger partial charge on any atom is -0.507 e. The van der Waals surface area contributed by atoms with E-state index in [9.17, 15) is 15.0 Å². The van der Waals surface area contributed by atoms with Crippen LogP contribution in [0.25, 0.3) is 0 Å². The zero-order chi connectivity index (χ0) is 22.6. The molecule has 0 bridgehead atoms. The van der Waals surface area contributed by atoms with Crippen LogP contribution in [0, 0.1) is 5.92 Å². The minimum atomic E-state index is -2.93. The van der Waals surface area contributed by atoms with Gasteiger partial charge in [0, 0.05) is 11.5 Å². The topological polar surface area (TPSA) is 66.8 Å². The van der Waals surface area contributed by atoms with Gasteiger partial charge in [-0.05, 0) is 57.1 Å². The average molecular weight is 376 g/mol. The lowest BCUT2D eigenvalue weighted by molar-refractivity contribution is 0.0595. The van der Waals surface area contributed by atoms with Gasteiger partial charge in [-0.1, -0.05) is 43.6 Å². The van der Waals surface area contributed by atoms with E-state index in [1.165, 1.54) is 6.07 Å². The second-order valence-electron chi connectivity index (χ2n) is 7.57. The Balaban J connectivity index is 2.64. The van der Waals surface area contributed by atoms with Crippen LogP contribution in [0.3, 0.4) is 0 Å². The number of carbonyl (C=O) groups is 1. The first-order valence-corrected chi connectivity index (χ1v) is 9.60. The minimum absolute atomic E-state index is 0.0112.